The van der Waals surface area contributed by atoms with E-state index in [1.54, 1.807) is 0 Å². The highest BCUT2D eigenvalue weighted by Crippen LogP contribution is 2.27. The van der Waals surface area contributed by atoms with Crippen LogP contribution < -0.4 is 5.73 Å². The first-order valence-electron chi connectivity index (χ1n) is 6.42. The first-order chi connectivity index (χ1) is 8.69. The number of carbonyl (C=O) groups is 1. The highest BCUT2D eigenvalue weighted by Gasteiger charge is 2.40. The molecule has 0 aromatic heterocycles. The maximum absolute atomic E-state index is 12.5. The van der Waals surface area contributed by atoms with Crippen molar-refractivity contribution < 1.29 is 9.53 Å². The van der Waals surface area contributed by atoms with E-state index in [-0.39, 0.29) is 5.91 Å². The van der Waals surface area contributed by atoms with Crippen LogP contribution in [0.3, 0.4) is 0 Å². The molecule has 2 N–H and O–H groups in total. The summed E-state index contributed by atoms with van der Waals surface area (Å²) in [5.74, 6) is 0.0713. The van der Waals surface area contributed by atoms with Crippen LogP contribution in [0.25, 0.3) is 0 Å². The van der Waals surface area contributed by atoms with Gasteiger partial charge in [0, 0.05) is 26.3 Å². The summed E-state index contributed by atoms with van der Waals surface area (Å²) in [5, 5.41) is 0. The number of carbonyl (C=O) groups excluding carboxylic acids is 1. The molecule has 4 nitrogen and oxygen atoms in total. The number of hydrogen-bond donors (Lipinski definition) is 1. The summed E-state index contributed by atoms with van der Waals surface area (Å²) in [6, 6.07) is 8.19. The third-order valence-electron chi connectivity index (χ3n) is 3.94. The van der Waals surface area contributed by atoms with Crippen LogP contribution in [0.1, 0.15) is 24.0 Å². The second-order valence-corrected chi connectivity index (χ2v) is 5.20. The summed E-state index contributed by atoms with van der Waals surface area (Å²) >= 11 is 0. The van der Waals surface area contributed by atoms with E-state index in [4.69, 9.17) is 10.5 Å². The van der Waals surface area contributed by atoms with Crippen molar-refractivity contribution in [3.8, 4) is 0 Å². The van der Waals surface area contributed by atoms with Gasteiger partial charge in [-0.3, -0.25) is 4.79 Å². The molecule has 2 aliphatic rings. The summed E-state index contributed by atoms with van der Waals surface area (Å²) in [5.41, 5.74) is 8.00. The van der Waals surface area contributed by atoms with Crippen molar-refractivity contribution in [3.05, 3.63) is 35.4 Å². The van der Waals surface area contributed by atoms with Gasteiger partial charge in [-0.25, -0.2) is 0 Å². The second kappa shape index (κ2) is 4.37. The summed E-state index contributed by atoms with van der Waals surface area (Å²) in [6.45, 7) is 2.55. The van der Waals surface area contributed by atoms with E-state index in [9.17, 15) is 4.79 Å². The molecular formula is C14H18N2O2. The van der Waals surface area contributed by atoms with E-state index < -0.39 is 5.54 Å². The fraction of sp³-hybridized carbons (Fsp3) is 0.500. The molecule has 0 unspecified atom stereocenters. The molecule has 2 heterocycles. The minimum atomic E-state index is -0.722. The topological polar surface area (TPSA) is 55.6 Å². The van der Waals surface area contributed by atoms with Crippen molar-refractivity contribution in [2.45, 2.75) is 31.5 Å². The van der Waals surface area contributed by atoms with Crippen LogP contribution in [0.2, 0.25) is 0 Å². The number of ether oxygens (including phenoxy) is 1. The van der Waals surface area contributed by atoms with E-state index >= 15 is 0 Å². The molecule has 1 fully saturated rings. The molecule has 2 aliphatic heterocycles. The molecule has 18 heavy (non-hydrogen) atoms. The lowest BCUT2D eigenvalue weighted by Gasteiger charge is -2.35. The van der Waals surface area contributed by atoms with Crippen molar-refractivity contribution in [3.63, 3.8) is 0 Å². The van der Waals surface area contributed by atoms with Gasteiger partial charge >= 0.3 is 0 Å². The van der Waals surface area contributed by atoms with Gasteiger partial charge < -0.3 is 15.4 Å². The zero-order valence-corrected chi connectivity index (χ0v) is 10.4. The smallest absolute Gasteiger partial charge is 0.243 e. The zero-order valence-electron chi connectivity index (χ0n) is 10.4. The number of rotatable bonds is 1. The van der Waals surface area contributed by atoms with E-state index in [0.717, 1.165) is 0 Å². The minimum absolute atomic E-state index is 0.0713. The second-order valence-electron chi connectivity index (χ2n) is 5.20. The third-order valence-corrected chi connectivity index (χ3v) is 3.94. The van der Waals surface area contributed by atoms with Gasteiger partial charge in [-0.05, 0) is 24.0 Å². The Labute approximate surface area is 107 Å². The lowest BCUT2D eigenvalue weighted by Crippen LogP contribution is -2.56. The SMILES string of the molecule is NC1(C(=O)N2Cc3ccccc3C2)CCOCC1. The highest BCUT2D eigenvalue weighted by atomic mass is 16.5. The quantitative estimate of drug-likeness (QED) is 0.805. The number of hydrogen-bond acceptors (Lipinski definition) is 3. The Morgan fingerprint density at radius 1 is 1.17 bits per heavy atom. The zero-order chi connectivity index (χ0) is 12.6. The van der Waals surface area contributed by atoms with Gasteiger partial charge in [-0.15, -0.1) is 0 Å². The van der Waals surface area contributed by atoms with Crippen LogP contribution in [-0.4, -0.2) is 29.6 Å². The number of benzene rings is 1. The van der Waals surface area contributed by atoms with Gasteiger partial charge in [0.05, 0.1) is 5.54 Å². The Hall–Kier alpha value is -1.39. The predicted molar refractivity (Wildman–Crippen MR) is 67.7 cm³/mol. The number of amides is 1. The third kappa shape index (κ3) is 1.91. The van der Waals surface area contributed by atoms with Gasteiger partial charge in [0.25, 0.3) is 0 Å². The molecule has 1 amide bonds. The van der Waals surface area contributed by atoms with Crippen LogP contribution in [0.4, 0.5) is 0 Å². The van der Waals surface area contributed by atoms with E-state index in [0.29, 0.717) is 39.1 Å². The summed E-state index contributed by atoms with van der Waals surface area (Å²) in [6.07, 6.45) is 1.25. The van der Waals surface area contributed by atoms with Gasteiger partial charge in [0.1, 0.15) is 0 Å². The lowest BCUT2D eigenvalue weighted by molar-refractivity contribution is -0.141. The van der Waals surface area contributed by atoms with Crippen molar-refractivity contribution in [1.29, 1.82) is 0 Å². The first kappa shape index (κ1) is 11.7. The molecule has 0 atom stereocenters. The Bertz CT molecular complexity index is 442. The molecular weight excluding hydrogens is 228 g/mol. The van der Waals surface area contributed by atoms with Gasteiger partial charge in [0.2, 0.25) is 5.91 Å². The van der Waals surface area contributed by atoms with Gasteiger partial charge in [-0.1, -0.05) is 24.3 Å². The number of nitrogens with zero attached hydrogens (tertiary/aromatic N) is 1. The molecule has 0 radical (unpaired) electrons. The molecule has 0 bridgehead atoms. The minimum Gasteiger partial charge on any atom is -0.381 e. The molecule has 96 valence electrons. The fourth-order valence-corrected chi connectivity index (χ4v) is 2.74. The van der Waals surface area contributed by atoms with Crippen LogP contribution in [0, 0.1) is 0 Å². The molecule has 3 rings (SSSR count). The molecule has 1 aromatic carbocycles. The number of fused-ring (bicyclic) bond motifs is 1. The molecule has 4 heteroatoms. The summed E-state index contributed by atoms with van der Waals surface area (Å²) in [4.78, 5) is 14.4. The van der Waals surface area contributed by atoms with Crippen LogP contribution in [0.15, 0.2) is 24.3 Å². The monoisotopic (exact) mass is 246 g/mol. The Kier molecular flexibility index (Phi) is 2.84. The van der Waals surface area contributed by atoms with Crippen LogP contribution in [-0.2, 0) is 22.6 Å². The summed E-state index contributed by atoms with van der Waals surface area (Å²) in [7, 11) is 0. The van der Waals surface area contributed by atoms with Crippen LogP contribution >= 0.6 is 0 Å². The fourth-order valence-electron chi connectivity index (χ4n) is 2.74. The normalized spacial score (nSPS) is 21.7. The van der Waals surface area contributed by atoms with Gasteiger partial charge in [0.15, 0.2) is 0 Å². The predicted octanol–water partition coefficient (Wildman–Crippen LogP) is 1.04. The van der Waals surface area contributed by atoms with Crippen LogP contribution in [0.5, 0.6) is 0 Å². The molecule has 1 saturated heterocycles. The van der Waals surface area contributed by atoms with Crippen molar-refractivity contribution >= 4 is 5.91 Å². The molecule has 0 saturated carbocycles. The largest absolute Gasteiger partial charge is 0.381 e. The van der Waals surface area contributed by atoms with E-state index in [2.05, 4.69) is 12.1 Å². The Balaban J connectivity index is 1.76. The Morgan fingerprint density at radius 2 is 1.72 bits per heavy atom. The van der Waals surface area contributed by atoms with Crippen molar-refractivity contribution in [2.24, 2.45) is 5.73 Å². The van der Waals surface area contributed by atoms with E-state index in [1.165, 1.54) is 11.1 Å². The standard InChI is InChI=1S/C14H18N2O2/c15-14(5-7-18-8-6-14)13(17)16-9-11-3-1-2-4-12(11)10-16/h1-4H,5-10,15H2. The number of nitrogens with two attached hydrogens (primary N) is 1. The average Bonchev–Trinajstić information content (AvgIpc) is 2.82. The van der Waals surface area contributed by atoms with E-state index in [1.807, 2.05) is 17.0 Å². The average molecular weight is 246 g/mol. The van der Waals surface area contributed by atoms with Gasteiger partial charge in [-0.2, -0.15) is 0 Å². The molecule has 0 aliphatic carbocycles. The molecule has 1 aromatic rings. The van der Waals surface area contributed by atoms with Crippen molar-refractivity contribution in [1.82, 2.24) is 4.90 Å². The lowest BCUT2D eigenvalue weighted by atomic mass is 9.90. The maximum Gasteiger partial charge on any atom is 0.243 e. The van der Waals surface area contributed by atoms with Crippen molar-refractivity contribution in [2.75, 3.05) is 13.2 Å². The first-order valence-corrected chi connectivity index (χ1v) is 6.42. The highest BCUT2D eigenvalue weighted by molar-refractivity contribution is 5.86. The maximum atomic E-state index is 12.5. The Morgan fingerprint density at radius 3 is 2.28 bits per heavy atom. The summed E-state index contributed by atoms with van der Waals surface area (Å²) < 4.78 is 5.29. The molecule has 0 spiro atoms.